The molecule has 112 valence electrons. The molecule has 3 heteroatoms. The summed E-state index contributed by atoms with van der Waals surface area (Å²) in [5.41, 5.74) is 5.27. The molecule has 0 fully saturated rings. The van der Waals surface area contributed by atoms with Gasteiger partial charge in [-0.15, -0.1) is 11.3 Å². The predicted molar refractivity (Wildman–Crippen MR) is 90.0 cm³/mol. The lowest BCUT2D eigenvalue weighted by atomic mass is 9.67. The lowest BCUT2D eigenvalue weighted by Gasteiger charge is -2.40. The summed E-state index contributed by atoms with van der Waals surface area (Å²) >= 11 is 1.79. The monoisotopic (exact) mass is 300 g/mol. The molecule has 3 rings (SSSR count). The first-order valence-corrected chi connectivity index (χ1v) is 8.77. The molecule has 0 aliphatic heterocycles. The van der Waals surface area contributed by atoms with Crippen LogP contribution >= 0.6 is 11.3 Å². The van der Waals surface area contributed by atoms with Gasteiger partial charge in [0.25, 0.3) is 0 Å². The first-order chi connectivity index (χ1) is 10.2. The molecule has 0 radical (unpaired) electrons. The largest absolute Gasteiger partial charge is 0.314 e. The van der Waals surface area contributed by atoms with Crippen molar-refractivity contribution >= 4 is 11.3 Å². The van der Waals surface area contributed by atoms with Crippen molar-refractivity contribution in [3.8, 4) is 0 Å². The normalized spacial score (nSPS) is 21.5. The van der Waals surface area contributed by atoms with E-state index in [1.807, 2.05) is 11.7 Å². The topological polar surface area (TPSA) is 24.9 Å². The van der Waals surface area contributed by atoms with E-state index in [1.54, 1.807) is 22.5 Å². The minimum Gasteiger partial charge on any atom is -0.314 e. The van der Waals surface area contributed by atoms with Crippen LogP contribution < -0.4 is 5.32 Å². The third-order valence-corrected chi connectivity index (χ3v) is 5.31. The average molecular weight is 300 g/mol. The minimum atomic E-state index is 0.228. The molecule has 1 aliphatic carbocycles. The Bertz CT molecular complexity index is 577. The van der Waals surface area contributed by atoms with E-state index in [2.05, 4.69) is 48.4 Å². The van der Waals surface area contributed by atoms with Crippen LogP contribution in [0.2, 0.25) is 0 Å². The van der Waals surface area contributed by atoms with Gasteiger partial charge in [0.2, 0.25) is 0 Å². The molecule has 1 aliphatic rings. The summed E-state index contributed by atoms with van der Waals surface area (Å²) in [6.45, 7) is 5.52. The molecule has 0 saturated heterocycles. The molecule has 0 saturated carbocycles. The quantitative estimate of drug-likeness (QED) is 0.904. The smallest absolute Gasteiger partial charge is 0.0794 e. The highest BCUT2D eigenvalue weighted by atomic mass is 32.1. The van der Waals surface area contributed by atoms with Crippen LogP contribution in [-0.2, 0) is 18.3 Å². The number of aryl methyl sites for hydroxylation is 1. The van der Waals surface area contributed by atoms with Gasteiger partial charge in [0.05, 0.1) is 5.51 Å². The number of nitrogens with one attached hydrogen (secondary N) is 1. The van der Waals surface area contributed by atoms with E-state index in [1.165, 1.54) is 24.1 Å². The van der Waals surface area contributed by atoms with Gasteiger partial charge in [-0.1, -0.05) is 38.1 Å². The molecule has 1 heterocycles. The van der Waals surface area contributed by atoms with E-state index in [0.717, 1.165) is 13.0 Å². The van der Waals surface area contributed by atoms with Crippen molar-refractivity contribution < 1.29 is 0 Å². The zero-order valence-electron chi connectivity index (χ0n) is 12.9. The van der Waals surface area contributed by atoms with Crippen LogP contribution in [0.3, 0.4) is 0 Å². The third kappa shape index (κ3) is 3.19. The van der Waals surface area contributed by atoms with Gasteiger partial charge >= 0.3 is 0 Å². The highest BCUT2D eigenvalue weighted by molar-refractivity contribution is 7.09. The molecule has 0 spiro atoms. The Morgan fingerprint density at radius 1 is 1.33 bits per heavy atom. The van der Waals surface area contributed by atoms with E-state index < -0.39 is 0 Å². The molecule has 2 nitrogen and oxygen atoms in total. The summed E-state index contributed by atoms with van der Waals surface area (Å²) in [5, 5.41) is 3.69. The van der Waals surface area contributed by atoms with Crippen molar-refractivity contribution in [1.29, 1.82) is 0 Å². The van der Waals surface area contributed by atoms with Crippen LogP contribution in [0, 0.1) is 0 Å². The molecule has 1 aromatic heterocycles. The maximum absolute atomic E-state index is 4.27. The van der Waals surface area contributed by atoms with E-state index in [0.29, 0.717) is 6.04 Å². The Balaban J connectivity index is 1.96. The summed E-state index contributed by atoms with van der Waals surface area (Å²) in [6.07, 6.45) is 6.92. The first-order valence-electron chi connectivity index (χ1n) is 7.89. The number of thiazole rings is 1. The van der Waals surface area contributed by atoms with Crippen molar-refractivity contribution in [2.45, 2.75) is 51.0 Å². The molecule has 1 N–H and O–H groups in total. The molecular weight excluding hydrogens is 276 g/mol. The molecule has 0 bridgehead atoms. The van der Waals surface area contributed by atoms with Gasteiger partial charge in [-0.2, -0.15) is 0 Å². The summed E-state index contributed by atoms with van der Waals surface area (Å²) in [5.74, 6) is 0. The van der Waals surface area contributed by atoms with Gasteiger partial charge < -0.3 is 5.32 Å². The van der Waals surface area contributed by atoms with Gasteiger partial charge in [0, 0.05) is 29.1 Å². The summed E-state index contributed by atoms with van der Waals surface area (Å²) in [6, 6.07) is 9.55. The maximum Gasteiger partial charge on any atom is 0.0794 e. The fourth-order valence-corrected chi connectivity index (χ4v) is 4.24. The average Bonchev–Trinajstić information content (AvgIpc) is 2.98. The fraction of sp³-hybridized carbons (Fsp3) is 0.500. The number of nitrogens with zero attached hydrogens (tertiary/aromatic N) is 1. The van der Waals surface area contributed by atoms with Crippen LogP contribution in [0.5, 0.6) is 0 Å². The van der Waals surface area contributed by atoms with Crippen LogP contribution in [0.4, 0.5) is 0 Å². The van der Waals surface area contributed by atoms with E-state index >= 15 is 0 Å². The number of benzene rings is 1. The van der Waals surface area contributed by atoms with Crippen LogP contribution in [-0.4, -0.2) is 17.6 Å². The van der Waals surface area contributed by atoms with Gasteiger partial charge in [0.1, 0.15) is 0 Å². The SMILES string of the molecule is CC(C)NCC1(Cc2cncs2)CCCc2ccccc21. The molecular formula is C18H24N2S. The summed E-state index contributed by atoms with van der Waals surface area (Å²) in [7, 11) is 0. The standard InChI is InChI=1S/C18H24N2S/c1-14(2)20-12-18(10-16-11-19-13-21-16)9-5-7-15-6-3-4-8-17(15)18/h3-4,6,8,11,13-14,20H,5,7,9-10,12H2,1-2H3. The van der Waals surface area contributed by atoms with E-state index in [9.17, 15) is 0 Å². The summed E-state index contributed by atoms with van der Waals surface area (Å²) < 4.78 is 0. The molecule has 21 heavy (non-hydrogen) atoms. The number of aromatic nitrogens is 1. The lowest BCUT2D eigenvalue weighted by molar-refractivity contribution is 0.327. The van der Waals surface area contributed by atoms with Gasteiger partial charge in [-0.25, -0.2) is 0 Å². The Hall–Kier alpha value is -1.19. The van der Waals surface area contributed by atoms with Crippen molar-refractivity contribution in [3.63, 3.8) is 0 Å². The predicted octanol–water partition coefficient (Wildman–Crippen LogP) is 3.96. The molecule has 0 amide bonds. The second-order valence-corrected chi connectivity index (χ2v) is 7.44. The number of fused-ring (bicyclic) bond motifs is 1. The lowest BCUT2D eigenvalue weighted by Crippen LogP contribution is -2.44. The van der Waals surface area contributed by atoms with Crippen molar-refractivity contribution in [1.82, 2.24) is 10.3 Å². The highest BCUT2D eigenvalue weighted by Gasteiger charge is 2.36. The van der Waals surface area contributed by atoms with E-state index in [-0.39, 0.29) is 5.41 Å². The zero-order valence-corrected chi connectivity index (χ0v) is 13.7. The van der Waals surface area contributed by atoms with Crippen molar-refractivity contribution in [3.05, 3.63) is 52.0 Å². The summed E-state index contributed by atoms with van der Waals surface area (Å²) in [4.78, 5) is 5.67. The van der Waals surface area contributed by atoms with Crippen molar-refractivity contribution in [2.24, 2.45) is 0 Å². The number of hydrogen-bond acceptors (Lipinski definition) is 3. The van der Waals surface area contributed by atoms with Crippen LogP contribution in [0.1, 0.15) is 42.7 Å². The Morgan fingerprint density at radius 2 is 2.19 bits per heavy atom. The second-order valence-electron chi connectivity index (χ2n) is 6.47. The number of rotatable bonds is 5. The van der Waals surface area contributed by atoms with E-state index in [4.69, 9.17) is 0 Å². The fourth-order valence-electron chi connectivity index (χ4n) is 3.50. The third-order valence-electron chi connectivity index (χ3n) is 4.53. The second kappa shape index (κ2) is 6.29. The molecule has 2 aromatic rings. The minimum absolute atomic E-state index is 0.228. The Labute approximate surface area is 131 Å². The van der Waals surface area contributed by atoms with Crippen LogP contribution in [0.25, 0.3) is 0 Å². The first kappa shape index (κ1) is 14.7. The Morgan fingerprint density at radius 3 is 2.95 bits per heavy atom. The van der Waals surface area contributed by atoms with Crippen molar-refractivity contribution in [2.75, 3.05) is 6.54 Å². The number of hydrogen-bond donors (Lipinski definition) is 1. The maximum atomic E-state index is 4.27. The Kier molecular flexibility index (Phi) is 4.41. The molecule has 1 unspecified atom stereocenters. The molecule has 1 aromatic carbocycles. The van der Waals surface area contributed by atoms with Gasteiger partial charge in [-0.05, 0) is 36.8 Å². The van der Waals surface area contributed by atoms with Gasteiger partial charge in [0.15, 0.2) is 0 Å². The highest BCUT2D eigenvalue weighted by Crippen LogP contribution is 2.40. The van der Waals surface area contributed by atoms with Gasteiger partial charge in [-0.3, -0.25) is 4.98 Å². The molecule has 1 atom stereocenters. The van der Waals surface area contributed by atoms with Crippen LogP contribution in [0.15, 0.2) is 36.0 Å². The zero-order chi connectivity index (χ0) is 14.7.